The summed E-state index contributed by atoms with van der Waals surface area (Å²) < 4.78 is 14.6. The lowest BCUT2D eigenvalue weighted by molar-refractivity contribution is 0.857. The van der Waals surface area contributed by atoms with Gasteiger partial charge in [-0.05, 0) is 43.3 Å². The van der Waals surface area contributed by atoms with Gasteiger partial charge in [0.1, 0.15) is 0 Å². The number of nitrogens with zero attached hydrogens (tertiary/aromatic N) is 3. The number of aryl methyl sites for hydroxylation is 1. The lowest BCUT2D eigenvalue weighted by Gasteiger charge is -2.06. The molecule has 0 unspecified atom stereocenters. The van der Waals surface area contributed by atoms with E-state index in [1.165, 1.54) is 0 Å². The van der Waals surface area contributed by atoms with Crippen molar-refractivity contribution >= 4 is 18.2 Å². The molecule has 0 atom stereocenters. The lowest BCUT2D eigenvalue weighted by atomic mass is 9.64. The molecule has 3 aromatic heterocycles. The third-order valence-electron chi connectivity index (χ3n) is 3.13. The van der Waals surface area contributed by atoms with Gasteiger partial charge in [-0.25, -0.2) is 0 Å². The minimum absolute atomic E-state index is 0.344. The topological polar surface area (TPSA) is 38.7 Å². The molecule has 0 N–H and O–H groups in total. The smallest absolute Gasteiger partial charge is 0.319 e. The highest BCUT2D eigenvalue weighted by Gasteiger charge is 2.23. The number of hydrogen-bond acceptors (Lipinski definition) is 3. The van der Waals surface area contributed by atoms with E-state index < -0.39 is 6.99 Å². The highest BCUT2D eigenvalue weighted by molar-refractivity contribution is 6.78. The Kier molecular flexibility index (Phi) is 3.73. The van der Waals surface area contributed by atoms with Gasteiger partial charge >= 0.3 is 6.99 Å². The number of halogens is 1. The Balaban J connectivity index is 1.96. The Labute approximate surface area is 123 Å². The molecule has 21 heavy (non-hydrogen) atoms. The molecule has 5 heteroatoms. The largest absolute Gasteiger partial charge is 0.450 e. The predicted molar refractivity (Wildman–Crippen MR) is 82.6 cm³/mol. The third-order valence-corrected chi connectivity index (χ3v) is 3.13. The second-order valence-electron chi connectivity index (χ2n) is 4.73. The first-order chi connectivity index (χ1) is 10.2. The van der Waals surface area contributed by atoms with Crippen molar-refractivity contribution in [2.24, 2.45) is 0 Å². The molecule has 0 aromatic carbocycles. The maximum absolute atomic E-state index is 14.6. The van der Waals surface area contributed by atoms with Crippen molar-refractivity contribution in [1.29, 1.82) is 0 Å². The summed E-state index contributed by atoms with van der Waals surface area (Å²) in [6, 6.07) is 16.2. The van der Waals surface area contributed by atoms with Crippen LogP contribution in [0.5, 0.6) is 0 Å². The highest BCUT2D eigenvalue weighted by atomic mass is 19.1. The van der Waals surface area contributed by atoms with Crippen LogP contribution in [0.2, 0.25) is 0 Å². The van der Waals surface area contributed by atoms with Crippen LogP contribution >= 0.6 is 0 Å². The van der Waals surface area contributed by atoms with E-state index in [4.69, 9.17) is 0 Å². The normalized spacial score (nSPS) is 10.4. The summed E-state index contributed by atoms with van der Waals surface area (Å²) in [5.41, 5.74) is 2.89. The standard InChI is InChI=1S/C16H13BFN3/c1-12-6-4-9-15(20-12)17(18)16-10-5-8-14(21-16)13-7-2-3-11-19-13/h2-11H,1H3. The third kappa shape index (κ3) is 2.97. The van der Waals surface area contributed by atoms with Crippen LogP contribution in [0, 0.1) is 6.92 Å². The van der Waals surface area contributed by atoms with Crippen molar-refractivity contribution in [2.45, 2.75) is 6.92 Å². The molecule has 102 valence electrons. The van der Waals surface area contributed by atoms with Crippen LogP contribution in [-0.2, 0) is 0 Å². The van der Waals surface area contributed by atoms with Crippen molar-refractivity contribution in [1.82, 2.24) is 15.0 Å². The SMILES string of the molecule is Cc1cccc(B(F)c2cccc(-c3ccccn3)n2)n1. The fraction of sp³-hybridized carbons (Fsp3) is 0.0625. The first-order valence-electron chi connectivity index (χ1n) is 6.70. The zero-order valence-corrected chi connectivity index (χ0v) is 11.6. The van der Waals surface area contributed by atoms with E-state index in [0.717, 1.165) is 11.4 Å². The van der Waals surface area contributed by atoms with Gasteiger partial charge in [-0.3, -0.25) is 15.0 Å². The van der Waals surface area contributed by atoms with Gasteiger partial charge in [0.2, 0.25) is 0 Å². The molecule has 0 aliphatic carbocycles. The monoisotopic (exact) mass is 277 g/mol. The number of rotatable bonds is 3. The fourth-order valence-electron chi connectivity index (χ4n) is 2.11. The molecule has 3 rings (SSSR count). The van der Waals surface area contributed by atoms with E-state index in [9.17, 15) is 4.32 Å². The van der Waals surface area contributed by atoms with Crippen LogP contribution in [0.3, 0.4) is 0 Å². The average Bonchev–Trinajstić information content (AvgIpc) is 2.55. The van der Waals surface area contributed by atoms with E-state index >= 15 is 0 Å². The minimum atomic E-state index is -1.34. The summed E-state index contributed by atoms with van der Waals surface area (Å²) in [6.45, 7) is 0.502. The molecule has 0 bridgehead atoms. The Hall–Kier alpha value is -2.56. The quantitative estimate of drug-likeness (QED) is 0.686. The number of aromatic nitrogens is 3. The Morgan fingerprint density at radius 1 is 0.810 bits per heavy atom. The summed E-state index contributed by atoms with van der Waals surface area (Å²) in [4.78, 5) is 12.8. The predicted octanol–water partition coefficient (Wildman–Crippen LogP) is 1.92. The molecule has 0 fully saturated rings. The van der Waals surface area contributed by atoms with E-state index in [1.54, 1.807) is 30.5 Å². The summed E-state index contributed by atoms with van der Waals surface area (Å²) in [5, 5.41) is 0. The van der Waals surface area contributed by atoms with Crippen LogP contribution < -0.4 is 11.2 Å². The molecule has 0 saturated carbocycles. The molecule has 0 spiro atoms. The molecular weight excluding hydrogens is 264 g/mol. The lowest BCUT2D eigenvalue weighted by Crippen LogP contribution is -2.42. The van der Waals surface area contributed by atoms with Crippen LogP contribution in [0.4, 0.5) is 4.32 Å². The molecule has 0 amide bonds. The fourth-order valence-corrected chi connectivity index (χ4v) is 2.11. The average molecular weight is 277 g/mol. The second kappa shape index (κ2) is 5.83. The van der Waals surface area contributed by atoms with Gasteiger partial charge in [-0.1, -0.05) is 18.2 Å². The molecule has 3 heterocycles. The van der Waals surface area contributed by atoms with Gasteiger partial charge in [0.05, 0.1) is 22.6 Å². The maximum atomic E-state index is 14.6. The van der Waals surface area contributed by atoms with Crippen LogP contribution in [0.1, 0.15) is 5.69 Å². The molecule has 0 saturated heterocycles. The molecule has 3 nitrogen and oxygen atoms in total. The Morgan fingerprint density at radius 3 is 2.24 bits per heavy atom. The van der Waals surface area contributed by atoms with E-state index in [1.807, 2.05) is 37.3 Å². The highest BCUT2D eigenvalue weighted by Crippen LogP contribution is 2.11. The summed E-state index contributed by atoms with van der Waals surface area (Å²) in [6.07, 6.45) is 1.69. The number of pyridine rings is 3. The van der Waals surface area contributed by atoms with Crippen molar-refractivity contribution in [3.8, 4) is 11.4 Å². The van der Waals surface area contributed by atoms with Gasteiger partial charge in [0.15, 0.2) is 0 Å². The Bertz CT molecular complexity index is 749. The van der Waals surface area contributed by atoms with E-state index in [2.05, 4.69) is 15.0 Å². The van der Waals surface area contributed by atoms with Gasteiger partial charge < -0.3 is 4.32 Å². The van der Waals surface area contributed by atoms with Crippen LogP contribution in [0.25, 0.3) is 11.4 Å². The molecule has 0 radical (unpaired) electrons. The Morgan fingerprint density at radius 2 is 1.52 bits per heavy atom. The van der Waals surface area contributed by atoms with E-state index in [0.29, 0.717) is 16.9 Å². The van der Waals surface area contributed by atoms with Gasteiger partial charge in [0.25, 0.3) is 0 Å². The van der Waals surface area contributed by atoms with E-state index in [-0.39, 0.29) is 0 Å². The zero-order chi connectivity index (χ0) is 14.7. The second-order valence-corrected chi connectivity index (χ2v) is 4.73. The van der Waals surface area contributed by atoms with Crippen molar-refractivity contribution in [2.75, 3.05) is 0 Å². The minimum Gasteiger partial charge on any atom is -0.319 e. The van der Waals surface area contributed by atoms with Crippen LogP contribution in [0.15, 0.2) is 60.8 Å². The van der Waals surface area contributed by atoms with Crippen molar-refractivity contribution in [3.05, 3.63) is 66.5 Å². The van der Waals surface area contributed by atoms with Gasteiger partial charge in [-0.15, -0.1) is 0 Å². The van der Waals surface area contributed by atoms with Gasteiger partial charge in [0, 0.05) is 11.9 Å². The molecule has 3 aromatic rings. The zero-order valence-electron chi connectivity index (χ0n) is 11.6. The number of hydrogen-bond donors (Lipinski definition) is 0. The van der Waals surface area contributed by atoms with Crippen molar-refractivity contribution in [3.63, 3.8) is 0 Å². The molecule has 0 aliphatic heterocycles. The first kappa shape index (κ1) is 13.4. The summed E-state index contributed by atoms with van der Waals surface area (Å²) >= 11 is 0. The maximum Gasteiger partial charge on any atom is 0.450 e. The molecular formula is C16H13BFN3. The summed E-state index contributed by atoms with van der Waals surface area (Å²) in [7, 11) is 0. The molecule has 0 aliphatic rings. The van der Waals surface area contributed by atoms with Crippen LogP contribution in [-0.4, -0.2) is 21.9 Å². The first-order valence-corrected chi connectivity index (χ1v) is 6.70. The summed E-state index contributed by atoms with van der Waals surface area (Å²) in [5.74, 6) is 0. The van der Waals surface area contributed by atoms with Crippen molar-refractivity contribution < 1.29 is 4.32 Å². The van der Waals surface area contributed by atoms with Gasteiger partial charge in [-0.2, -0.15) is 0 Å².